The van der Waals surface area contributed by atoms with Crippen molar-refractivity contribution < 1.29 is 9.53 Å². The first-order chi connectivity index (χ1) is 10.8. The van der Waals surface area contributed by atoms with Crippen LogP contribution in [0.4, 0.5) is 4.79 Å². The van der Waals surface area contributed by atoms with E-state index in [0.29, 0.717) is 25.5 Å². The summed E-state index contributed by atoms with van der Waals surface area (Å²) < 4.78 is 5.45. The number of ether oxygens (including phenoxy) is 1. The number of amidine groups is 1. The first-order valence-corrected chi connectivity index (χ1v) is 8.05. The van der Waals surface area contributed by atoms with E-state index in [4.69, 9.17) is 4.74 Å². The van der Waals surface area contributed by atoms with Gasteiger partial charge in [-0.25, -0.2) is 14.8 Å². The summed E-state index contributed by atoms with van der Waals surface area (Å²) in [5.41, 5.74) is -0.492. The van der Waals surface area contributed by atoms with Crippen LogP contribution < -0.4 is 0 Å². The molecule has 0 bridgehead atoms. The molecule has 1 saturated heterocycles. The van der Waals surface area contributed by atoms with Gasteiger partial charge in [0, 0.05) is 26.4 Å². The monoisotopic (exact) mass is 323 g/mol. The summed E-state index contributed by atoms with van der Waals surface area (Å²) in [6, 6.07) is 0.0487. The number of aliphatic imine (C=N–C) groups is 2. The topological polar surface area (TPSA) is 69.9 Å². The molecule has 0 N–H and O–H groups in total. The highest BCUT2D eigenvalue weighted by atomic mass is 16.6. The van der Waals surface area contributed by atoms with E-state index in [1.807, 2.05) is 34.6 Å². The van der Waals surface area contributed by atoms with E-state index in [1.165, 1.54) is 6.34 Å². The smallest absolute Gasteiger partial charge is 0.410 e. The van der Waals surface area contributed by atoms with Gasteiger partial charge in [-0.15, -0.1) is 0 Å². The molecule has 1 rings (SSSR count). The molecule has 0 aromatic heterocycles. The minimum absolute atomic E-state index is 0.0487. The second-order valence-corrected chi connectivity index (χ2v) is 6.50. The van der Waals surface area contributed by atoms with Crippen molar-refractivity contribution in [1.29, 1.82) is 0 Å². The minimum Gasteiger partial charge on any atom is -0.444 e. The highest BCUT2D eigenvalue weighted by Gasteiger charge is 2.31. The maximum atomic E-state index is 12.2. The van der Waals surface area contributed by atoms with Crippen molar-refractivity contribution in [3.63, 3.8) is 0 Å². The first-order valence-electron chi connectivity index (χ1n) is 8.05. The molecule has 1 fully saturated rings. The van der Waals surface area contributed by atoms with Gasteiger partial charge in [0.05, 0.1) is 6.04 Å². The predicted molar refractivity (Wildman–Crippen MR) is 94.4 cm³/mol. The van der Waals surface area contributed by atoms with Gasteiger partial charge in [-0.3, -0.25) is 4.99 Å². The van der Waals surface area contributed by atoms with Gasteiger partial charge in [-0.1, -0.05) is 0 Å². The second-order valence-electron chi connectivity index (χ2n) is 6.50. The van der Waals surface area contributed by atoms with Gasteiger partial charge in [0.25, 0.3) is 0 Å². The quantitative estimate of drug-likeness (QED) is 0.454. The highest BCUT2D eigenvalue weighted by Crippen LogP contribution is 2.19. The summed E-state index contributed by atoms with van der Waals surface area (Å²) in [6.45, 7) is 15.0. The molecular weight excluding hydrogens is 294 g/mol. The molecule has 0 aromatic carbocycles. The number of nitrogens with zero attached hydrogens (tertiary/aromatic N) is 5. The molecule has 130 valence electrons. The van der Waals surface area contributed by atoms with Crippen LogP contribution in [-0.4, -0.2) is 66.2 Å². The fourth-order valence-corrected chi connectivity index (χ4v) is 2.39. The number of rotatable bonds is 4. The average molecular weight is 323 g/mol. The third-order valence-electron chi connectivity index (χ3n) is 3.39. The van der Waals surface area contributed by atoms with Gasteiger partial charge >= 0.3 is 6.09 Å². The lowest BCUT2D eigenvalue weighted by atomic mass is 10.1. The van der Waals surface area contributed by atoms with Gasteiger partial charge in [-0.05, 0) is 47.5 Å². The molecule has 0 radical (unpaired) electrons. The minimum atomic E-state index is -0.492. The Kier molecular flexibility index (Phi) is 7.19. The lowest BCUT2D eigenvalue weighted by Gasteiger charge is -2.37. The van der Waals surface area contributed by atoms with Crippen molar-refractivity contribution in [1.82, 2.24) is 9.91 Å². The van der Waals surface area contributed by atoms with E-state index in [2.05, 4.69) is 21.8 Å². The van der Waals surface area contributed by atoms with Crippen LogP contribution in [-0.2, 0) is 4.74 Å². The molecule has 1 atom stereocenters. The van der Waals surface area contributed by atoms with Crippen molar-refractivity contribution in [3.8, 4) is 0 Å². The van der Waals surface area contributed by atoms with Gasteiger partial charge in [0.2, 0.25) is 0 Å². The molecule has 0 saturated carbocycles. The SMILES string of the molecule is C=NN(/C(C)=N/C=N\CC)[C@@H]1CCCN(C(=O)OC(C)(C)C)C1. The number of amides is 1. The van der Waals surface area contributed by atoms with Crippen LogP contribution in [0.1, 0.15) is 47.5 Å². The van der Waals surface area contributed by atoms with Gasteiger partial charge in [-0.2, -0.15) is 5.10 Å². The van der Waals surface area contributed by atoms with E-state index in [0.717, 1.165) is 12.8 Å². The number of hydrogen-bond acceptors (Lipinski definition) is 4. The van der Waals surface area contributed by atoms with E-state index >= 15 is 0 Å². The fraction of sp³-hybridized carbons (Fsp3) is 0.750. The van der Waals surface area contributed by atoms with Crippen LogP contribution in [0.3, 0.4) is 0 Å². The number of hydrazone groups is 1. The molecule has 1 aliphatic rings. The molecule has 1 heterocycles. The molecule has 0 aliphatic carbocycles. The Morgan fingerprint density at radius 1 is 1.48 bits per heavy atom. The lowest BCUT2D eigenvalue weighted by Crippen LogP contribution is -2.50. The van der Waals surface area contributed by atoms with E-state index in [9.17, 15) is 4.79 Å². The first kappa shape index (κ1) is 19.1. The number of carbonyl (C=O) groups excluding carboxylic acids is 1. The number of piperidine rings is 1. The summed E-state index contributed by atoms with van der Waals surface area (Å²) in [4.78, 5) is 22.3. The summed E-state index contributed by atoms with van der Waals surface area (Å²) in [7, 11) is 0. The Hall–Kier alpha value is -1.92. The summed E-state index contributed by atoms with van der Waals surface area (Å²) >= 11 is 0. The highest BCUT2D eigenvalue weighted by molar-refractivity contribution is 5.87. The molecular formula is C16H29N5O2. The molecule has 0 aromatic rings. The number of hydrogen-bond donors (Lipinski definition) is 0. The van der Waals surface area contributed by atoms with Crippen LogP contribution in [0.5, 0.6) is 0 Å². The zero-order valence-corrected chi connectivity index (χ0v) is 14.9. The second kappa shape index (κ2) is 8.64. The van der Waals surface area contributed by atoms with E-state index in [-0.39, 0.29) is 12.1 Å². The molecule has 7 nitrogen and oxygen atoms in total. The Morgan fingerprint density at radius 3 is 2.74 bits per heavy atom. The van der Waals surface area contributed by atoms with Crippen LogP contribution in [0.2, 0.25) is 0 Å². The van der Waals surface area contributed by atoms with Crippen LogP contribution >= 0.6 is 0 Å². The predicted octanol–water partition coefficient (Wildman–Crippen LogP) is 2.77. The number of carbonyl (C=O) groups is 1. The van der Waals surface area contributed by atoms with Crippen LogP contribution in [0.25, 0.3) is 0 Å². The molecule has 1 aliphatic heterocycles. The number of likely N-dealkylation sites (tertiary alicyclic amines) is 1. The largest absolute Gasteiger partial charge is 0.444 e. The van der Waals surface area contributed by atoms with E-state index < -0.39 is 5.60 Å². The normalized spacial score (nSPS) is 19.8. The van der Waals surface area contributed by atoms with Gasteiger partial charge < -0.3 is 9.64 Å². The molecule has 0 spiro atoms. The Labute approximate surface area is 139 Å². The maximum absolute atomic E-state index is 12.2. The summed E-state index contributed by atoms with van der Waals surface area (Å²) in [6.07, 6.45) is 3.07. The Morgan fingerprint density at radius 2 is 2.17 bits per heavy atom. The van der Waals surface area contributed by atoms with Crippen LogP contribution in [0.15, 0.2) is 15.1 Å². The van der Waals surface area contributed by atoms with Crippen molar-refractivity contribution in [2.75, 3.05) is 19.6 Å². The zero-order valence-electron chi connectivity index (χ0n) is 14.9. The Balaban J connectivity index is 2.75. The fourth-order valence-electron chi connectivity index (χ4n) is 2.39. The van der Waals surface area contributed by atoms with Crippen molar-refractivity contribution in [3.05, 3.63) is 0 Å². The molecule has 1 amide bonds. The van der Waals surface area contributed by atoms with Gasteiger partial charge in [0.15, 0.2) is 0 Å². The Bertz CT molecular complexity index is 468. The van der Waals surface area contributed by atoms with E-state index in [1.54, 1.807) is 9.91 Å². The van der Waals surface area contributed by atoms with Crippen molar-refractivity contribution in [2.45, 2.75) is 59.1 Å². The lowest BCUT2D eigenvalue weighted by molar-refractivity contribution is 0.0150. The third kappa shape index (κ3) is 6.38. The standard InChI is InChI=1S/C16H29N5O2/c1-7-18-12-19-13(2)21(17-6)14-9-8-10-20(11-14)15(22)23-16(3,4)5/h12,14H,6-11H2,1-5H3/b18-12-,19-13+/t14-/m1/s1. The summed E-state index contributed by atoms with van der Waals surface area (Å²) in [5.74, 6) is 0.716. The van der Waals surface area contributed by atoms with Gasteiger partial charge in [0.1, 0.15) is 17.8 Å². The third-order valence-corrected chi connectivity index (χ3v) is 3.39. The average Bonchev–Trinajstić information content (AvgIpc) is 2.47. The molecule has 7 heteroatoms. The van der Waals surface area contributed by atoms with Crippen LogP contribution in [0, 0.1) is 0 Å². The molecule has 23 heavy (non-hydrogen) atoms. The van der Waals surface area contributed by atoms with Crippen molar-refractivity contribution in [2.24, 2.45) is 15.1 Å². The summed E-state index contributed by atoms with van der Waals surface area (Å²) in [5, 5.41) is 5.83. The molecule has 0 unspecified atom stereocenters. The zero-order chi connectivity index (χ0) is 17.5. The maximum Gasteiger partial charge on any atom is 0.410 e. The van der Waals surface area contributed by atoms with Crippen molar-refractivity contribution >= 4 is 25.0 Å².